The van der Waals surface area contributed by atoms with E-state index in [-0.39, 0.29) is 23.6 Å². The standard InChI is InChI=1S/C54H69N7O4S2/c1-4-5-6-7-8-9-10-11-12-13-14-15-16-17-18-19-23-26-49(62)55-33-39-66-67-40-34-56-53(64)44-27-32-47-48(41-44)58-54(65)51(47)52(43-24-21-20-22-25-43)57-45-28-30-46(31-29-45)60(3)50(63)42-61-37-35-59(2)36-38-61/h5-6,8-9,11-12,14-15,17-18,20-22,24-25,27-32,41,51H,4,7,10,13,16,19,23,26,33-40,42H2,1-3H3,(H,55,62)(H,56,64)(H,58,65). The first-order chi connectivity index (χ1) is 32.7. The summed E-state index contributed by atoms with van der Waals surface area (Å²) in [6.45, 7) is 7.25. The molecule has 13 heteroatoms. The molecule has 0 spiro atoms. The number of hydrogen-bond acceptors (Lipinski definition) is 9. The van der Waals surface area contributed by atoms with Crippen molar-refractivity contribution in [3.8, 4) is 0 Å². The summed E-state index contributed by atoms with van der Waals surface area (Å²) < 4.78 is 0. The molecule has 3 N–H and O–H groups in total. The van der Waals surface area contributed by atoms with E-state index in [9.17, 15) is 19.2 Å². The van der Waals surface area contributed by atoms with E-state index in [1.165, 1.54) is 0 Å². The maximum absolute atomic E-state index is 13.7. The molecule has 0 aromatic heterocycles. The number of amides is 4. The molecule has 1 unspecified atom stereocenters. The van der Waals surface area contributed by atoms with E-state index < -0.39 is 5.92 Å². The monoisotopic (exact) mass is 943 g/mol. The van der Waals surface area contributed by atoms with Gasteiger partial charge in [-0.2, -0.15) is 0 Å². The molecule has 0 bridgehead atoms. The van der Waals surface area contributed by atoms with Gasteiger partial charge in [-0.1, -0.05) is 126 Å². The van der Waals surface area contributed by atoms with Crippen LogP contribution in [0.4, 0.5) is 17.1 Å². The molecular formula is C54H69N7O4S2. The number of nitrogens with one attached hydrogen (secondary N) is 3. The largest absolute Gasteiger partial charge is 0.355 e. The Labute approximate surface area is 406 Å². The summed E-state index contributed by atoms with van der Waals surface area (Å²) in [7, 11) is 7.21. The first-order valence-corrected chi connectivity index (χ1v) is 26.1. The molecule has 67 heavy (non-hydrogen) atoms. The normalized spacial score (nSPS) is 15.9. The number of fused-ring (bicyclic) bond motifs is 1. The SMILES string of the molecule is CCC=CCC=CCC=CCC=CCC=CCCCC(=O)NCCSSCCNC(=O)c1ccc2c(c1)NC(=O)C2C(=Nc1ccc(N(C)C(=O)CN2CCN(C)CC2)cc1)c1ccccc1. The Morgan fingerprint density at radius 3 is 2.01 bits per heavy atom. The molecule has 0 aliphatic carbocycles. The van der Waals surface area contributed by atoms with E-state index >= 15 is 0 Å². The minimum atomic E-state index is -0.685. The Kier molecular flexibility index (Phi) is 23.5. The highest BCUT2D eigenvalue weighted by molar-refractivity contribution is 8.76. The van der Waals surface area contributed by atoms with Crippen molar-refractivity contribution in [3.63, 3.8) is 0 Å². The maximum Gasteiger partial charge on any atom is 0.251 e. The number of unbranched alkanes of at least 4 members (excludes halogenated alkanes) is 1. The molecule has 4 amide bonds. The second-order valence-corrected chi connectivity index (χ2v) is 19.2. The van der Waals surface area contributed by atoms with E-state index in [1.54, 1.807) is 45.7 Å². The molecule has 1 fully saturated rings. The summed E-state index contributed by atoms with van der Waals surface area (Å²) in [6, 6.07) is 22.4. The van der Waals surface area contributed by atoms with Gasteiger partial charge >= 0.3 is 0 Å². The zero-order valence-corrected chi connectivity index (χ0v) is 41.2. The number of benzene rings is 3. The Morgan fingerprint density at radius 1 is 0.761 bits per heavy atom. The lowest BCUT2D eigenvalue weighted by Crippen LogP contribution is -2.48. The number of rotatable bonds is 27. The van der Waals surface area contributed by atoms with Crippen LogP contribution in [-0.4, -0.2) is 111 Å². The molecule has 3 aromatic carbocycles. The van der Waals surface area contributed by atoms with Crippen molar-refractivity contribution in [2.45, 2.75) is 64.2 Å². The van der Waals surface area contributed by atoms with Gasteiger partial charge in [0, 0.05) is 81.2 Å². The lowest BCUT2D eigenvalue weighted by molar-refractivity contribution is -0.121. The molecule has 1 saturated heterocycles. The molecule has 2 aliphatic heterocycles. The van der Waals surface area contributed by atoms with E-state index in [1.807, 2.05) is 60.7 Å². The molecule has 0 saturated carbocycles. The number of hydrogen-bond donors (Lipinski definition) is 3. The van der Waals surface area contributed by atoms with Crippen LogP contribution in [0.25, 0.3) is 0 Å². The molecule has 5 rings (SSSR count). The quantitative estimate of drug-likeness (QED) is 0.0299. The number of carbonyl (C=O) groups is 4. The number of nitrogens with zero attached hydrogens (tertiary/aromatic N) is 4. The van der Waals surface area contributed by atoms with Gasteiger partial charge in [0.15, 0.2) is 0 Å². The van der Waals surface area contributed by atoms with Crippen LogP contribution in [-0.2, 0) is 14.4 Å². The molecule has 356 valence electrons. The first-order valence-electron chi connectivity index (χ1n) is 23.6. The molecular weight excluding hydrogens is 875 g/mol. The maximum atomic E-state index is 13.7. The van der Waals surface area contributed by atoms with Crippen LogP contribution in [0.15, 0.2) is 139 Å². The van der Waals surface area contributed by atoms with Crippen molar-refractivity contribution in [2.24, 2.45) is 4.99 Å². The summed E-state index contributed by atoms with van der Waals surface area (Å²) in [4.78, 5) is 63.3. The second kappa shape index (κ2) is 30.0. The summed E-state index contributed by atoms with van der Waals surface area (Å²) in [5, 5.41) is 8.98. The van der Waals surface area contributed by atoms with Crippen LogP contribution in [0, 0.1) is 0 Å². The Balaban J connectivity index is 0.983. The third-order valence-electron chi connectivity index (χ3n) is 11.3. The van der Waals surface area contributed by atoms with Crippen molar-refractivity contribution in [1.29, 1.82) is 0 Å². The minimum absolute atomic E-state index is 0.0323. The van der Waals surface area contributed by atoms with Crippen LogP contribution in [0.3, 0.4) is 0 Å². The van der Waals surface area contributed by atoms with Crippen molar-refractivity contribution in [1.82, 2.24) is 20.4 Å². The first kappa shape index (κ1) is 52.5. The molecule has 11 nitrogen and oxygen atoms in total. The molecule has 0 radical (unpaired) electrons. The highest BCUT2D eigenvalue weighted by Gasteiger charge is 2.36. The average Bonchev–Trinajstić information content (AvgIpc) is 3.67. The van der Waals surface area contributed by atoms with Crippen LogP contribution in [0.2, 0.25) is 0 Å². The number of aliphatic imine (C=N–C) groups is 1. The lowest BCUT2D eigenvalue weighted by atomic mass is 9.90. The molecule has 2 aliphatic rings. The Morgan fingerprint density at radius 2 is 1.37 bits per heavy atom. The molecule has 2 heterocycles. The van der Waals surface area contributed by atoms with Crippen molar-refractivity contribution < 1.29 is 19.2 Å². The zero-order valence-electron chi connectivity index (χ0n) is 39.5. The summed E-state index contributed by atoms with van der Waals surface area (Å²) >= 11 is 0. The fourth-order valence-electron chi connectivity index (χ4n) is 7.41. The fraction of sp³-hybridized carbons (Fsp3) is 0.389. The van der Waals surface area contributed by atoms with Crippen LogP contribution < -0.4 is 20.9 Å². The number of carbonyl (C=O) groups excluding carboxylic acids is 4. The van der Waals surface area contributed by atoms with Gasteiger partial charge in [0.2, 0.25) is 17.7 Å². The summed E-state index contributed by atoms with van der Waals surface area (Å²) in [6.07, 6.45) is 29.0. The van der Waals surface area contributed by atoms with Gasteiger partial charge in [-0.25, -0.2) is 0 Å². The van der Waals surface area contributed by atoms with Crippen molar-refractivity contribution in [3.05, 3.63) is 150 Å². The number of anilines is 2. The van der Waals surface area contributed by atoms with Crippen molar-refractivity contribution >= 4 is 68.0 Å². The summed E-state index contributed by atoms with van der Waals surface area (Å²) in [5.41, 5.74) is 4.62. The highest BCUT2D eigenvalue weighted by atomic mass is 33.1. The van der Waals surface area contributed by atoms with Crippen molar-refractivity contribution in [2.75, 3.05) is 81.6 Å². The Bertz CT molecular complexity index is 2210. The fourth-order valence-corrected chi connectivity index (χ4v) is 9.23. The highest BCUT2D eigenvalue weighted by Crippen LogP contribution is 2.37. The minimum Gasteiger partial charge on any atom is -0.355 e. The van der Waals surface area contributed by atoms with Gasteiger partial charge in [-0.05, 0) is 99.5 Å². The Hall–Kier alpha value is -5.47. The third-order valence-corrected chi connectivity index (χ3v) is 13.7. The third kappa shape index (κ3) is 18.6. The number of piperazine rings is 1. The lowest BCUT2D eigenvalue weighted by Gasteiger charge is -2.32. The van der Waals surface area contributed by atoms with Gasteiger partial charge < -0.3 is 25.8 Å². The smallest absolute Gasteiger partial charge is 0.251 e. The van der Waals surface area contributed by atoms with Crippen LogP contribution in [0.5, 0.6) is 0 Å². The summed E-state index contributed by atoms with van der Waals surface area (Å²) in [5.74, 6) is 0.479. The van der Waals surface area contributed by atoms with Crippen LogP contribution >= 0.6 is 21.6 Å². The van der Waals surface area contributed by atoms with Gasteiger partial charge in [0.25, 0.3) is 5.91 Å². The van der Waals surface area contributed by atoms with Gasteiger partial charge in [0.05, 0.1) is 17.9 Å². The molecule has 1 atom stereocenters. The zero-order chi connectivity index (χ0) is 47.5. The average molecular weight is 944 g/mol. The topological polar surface area (TPSA) is 126 Å². The number of allylic oxidation sites excluding steroid dienone is 10. The van der Waals surface area contributed by atoms with Crippen LogP contribution in [0.1, 0.15) is 85.7 Å². The number of likely N-dealkylation sites (N-methyl/N-ethyl adjacent to an activating group) is 2. The second-order valence-electron chi connectivity index (χ2n) is 16.5. The molecule has 3 aromatic rings. The van der Waals surface area contributed by atoms with E-state index in [0.29, 0.717) is 54.5 Å². The van der Waals surface area contributed by atoms with E-state index in [0.717, 1.165) is 93.7 Å². The van der Waals surface area contributed by atoms with Gasteiger partial charge in [-0.3, -0.25) is 29.1 Å². The predicted molar refractivity (Wildman–Crippen MR) is 283 cm³/mol. The van der Waals surface area contributed by atoms with Gasteiger partial charge in [0.1, 0.15) is 5.92 Å². The van der Waals surface area contributed by atoms with Gasteiger partial charge in [-0.15, -0.1) is 0 Å². The van der Waals surface area contributed by atoms with E-state index in [4.69, 9.17) is 4.99 Å². The van der Waals surface area contributed by atoms with E-state index in [2.05, 4.69) is 100 Å². The predicted octanol–water partition coefficient (Wildman–Crippen LogP) is 9.90.